The molecule has 2 rings (SSSR count). The molecule has 2 heterocycles. The lowest BCUT2D eigenvalue weighted by Crippen LogP contribution is -2.21. The van der Waals surface area contributed by atoms with E-state index in [1.165, 1.54) is 5.41 Å². The van der Waals surface area contributed by atoms with E-state index in [0.29, 0.717) is 5.82 Å². The Hall–Kier alpha value is -1.43. The van der Waals surface area contributed by atoms with E-state index >= 15 is 0 Å². The molecule has 1 aromatic heterocycles. The van der Waals surface area contributed by atoms with Crippen molar-refractivity contribution < 1.29 is 8.42 Å². The van der Waals surface area contributed by atoms with Gasteiger partial charge >= 0.3 is 0 Å². The van der Waals surface area contributed by atoms with Crippen molar-refractivity contribution in [2.75, 3.05) is 11.1 Å². The summed E-state index contributed by atoms with van der Waals surface area (Å²) >= 11 is 0. The van der Waals surface area contributed by atoms with Crippen LogP contribution in [0.4, 0.5) is 5.82 Å². The summed E-state index contributed by atoms with van der Waals surface area (Å²) < 4.78 is 22.2. The SMILES string of the molecule is Cc1ccc(NC2C=CS(=O)(=O)C2)nn1. The molecule has 15 heavy (non-hydrogen) atoms. The fourth-order valence-electron chi connectivity index (χ4n) is 1.33. The molecule has 5 nitrogen and oxygen atoms in total. The highest BCUT2D eigenvalue weighted by Crippen LogP contribution is 2.12. The van der Waals surface area contributed by atoms with Crippen molar-refractivity contribution in [1.29, 1.82) is 0 Å². The topological polar surface area (TPSA) is 72.0 Å². The molecule has 0 fully saturated rings. The summed E-state index contributed by atoms with van der Waals surface area (Å²) in [6.45, 7) is 1.84. The number of rotatable bonds is 2. The minimum absolute atomic E-state index is 0.0859. The molecule has 80 valence electrons. The van der Waals surface area contributed by atoms with Gasteiger partial charge in [-0.15, -0.1) is 5.10 Å². The normalized spacial score (nSPS) is 22.9. The first-order valence-corrected chi connectivity index (χ1v) is 6.24. The van der Waals surface area contributed by atoms with E-state index in [-0.39, 0.29) is 11.8 Å². The maximum absolute atomic E-state index is 11.1. The minimum atomic E-state index is -3.01. The number of anilines is 1. The first-order valence-electron chi connectivity index (χ1n) is 4.53. The molecule has 0 amide bonds. The number of nitrogens with zero attached hydrogens (tertiary/aromatic N) is 2. The Kier molecular flexibility index (Phi) is 2.44. The molecule has 0 aliphatic carbocycles. The van der Waals surface area contributed by atoms with Crippen LogP contribution >= 0.6 is 0 Å². The van der Waals surface area contributed by atoms with Gasteiger partial charge in [0.25, 0.3) is 0 Å². The molecular formula is C9H11N3O2S. The quantitative estimate of drug-likeness (QED) is 0.794. The number of aromatic nitrogens is 2. The van der Waals surface area contributed by atoms with Gasteiger partial charge in [0.05, 0.1) is 17.5 Å². The van der Waals surface area contributed by atoms with Gasteiger partial charge in [0.2, 0.25) is 0 Å². The molecule has 0 radical (unpaired) electrons. The summed E-state index contributed by atoms with van der Waals surface area (Å²) in [5, 5.41) is 12.0. The van der Waals surface area contributed by atoms with Crippen LogP contribution in [0.2, 0.25) is 0 Å². The van der Waals surface area contributed by atoms with Crippen LogP contribution in [0.5, 0.6) is 0 Å². The van der Waals surface area contributed by atoms with Crippen LogP contribution in [0.25, 0.3) is 0 Å². The van der Waals surface area contributed by atoms with Crippen molar-refractivity contribution >= 4 is 15.7 Å². The zero-order valence-corrected chi connectivity index (χ0v) is 9.03. The smallest absolute Gasteiger partial charge is 0.173 e. The maximum atomic E-state index is 11.1. The van der Waals surface area contributed by atoms with E-state index in [9.17, 15) is 8.42 Å². The Balaban J connectivity index is 2.05. The monoisotopic (exact) mass is 225 g/mol. The molecule has 1 aromatic rings. The van der Waals surface area contributed by atoms with Crippen molar-refractivity contribution in [3.8, 4) is 0 Å². The zero-order valence-electron chi connectivity index (χ0n) is 8.21. The van der Waals surface area contributed by atoms with E-state index in [2.05, 4.69) is 15.5 Å². The fourth-order valence-corrected chi connectivity index (χ4v) is 2.57. The molecule has 0 aromatic carbocycles. The van der Waals surface area contributed by atoms with Gasteiger partial charge < -0.3 is 5.32 Å². The van der Waals surface area contributed by atoms with Gasteiger partial charge in [0.15, 0.2) is 9.84 Å². The van der Waals surface area contributed by atoms with Crippen LogP contribution < -0.4 is 5.32 Å². The van der Waals surface area contributed by atoms with E-state index in [1.54, 1.807) is 12.1 Å². The van der Waals surface area contributed by atoms with Crippen LogP contribution in [-0.2, 0) is 9.84 Å². The van der Waals surface area contributed by atoms with Crippen molar-refractivity contribution in [3.63, 3.8) is 0 Å². The fraction of sp³-hybridized carbons (Fsp3) is 0.333. The number of aryl methyl sites for hydroxylation is 1. The predicted molar refractivity (Wildman–Crippen MR) is 57.1 cm³/mol. The molecular weight excluding hydrogens is 214 g/mol. The van der Waals surface area contributed by atoms with Gasteiger partial charge in [-0.1, -0.05) is 0 Å². The van der Waals surface area contributed by atoms with Crippen LogP contribution in [0.3, 0.4) is 0 Å². The summed E-state index contributed by atoms with van der Waals surface area (Å²) in [7, 11) is -3.01. The molecule has 1 atom stereocenters. The van der Waals surface area contributed by atoms with E-state index in [0.717, 1.165) is 5.69 Å². The van der Waals surface area contributed by atoms with Gasteiger partial charge in [-0.2, -0.15) is 5.10 Å². The molecule has 1 N–H and O–H groups in total. The van der Waals surface area contributed by atoms with Crippen LogP contribution in [0, 0.1) is 6.92 Å². The predicted octanol–water partition coefficient (Wildman–Crippen LogP) is 0.508. The van der Waals surface area contributed by atoms with Crippen molar-refractivity contribution in [3.05, 3.63) is 29.3 Å². The zero-order chi connectivity index (χ0) is 10.9. The Labute approximate surface area is 88.1 Å². The first-order chi connectivity index (χ1) is 7.05. The van der Waals surface area contributed by atoms with E-state index in [4.69, 9.17) is 0 Å². The Morgan fingerprint density at radius 1 is 1.40 bits per heavy atom. The molecule has 0 saturated heterocycles. The van der Waals surface area contributed by atoms with Gasteiger partial charge in [-0.05, 0) is 25.1 Å². The standard InChI is InChI=1S/C9H11N3O2S/c1-7-2-3-9(12-11-7)10-8-4-5-15(13,14)6-8/h2-5,8H,6H2,1H3,(H,10,12). The molecule has 1 aliphatic rings. The summed E-state index contributed by atoms with van der Waals surface area (Å²) in [4.78, 5) is 0. The highest BCUT2D eigenvalue weighted by molar-refractivity contribution is 7.94. The third-order valence-corrected chi connectivity index (χ3v) is 3.46. The van der Waals surface area contributed by atoms with Crippen molar-refractivity contribution in [2.45, 2.75) is 13.0 Å². The van der Waals surface area contributed by atoms with Crippen molar-refractivity contribution in [1.82, 2.24) is 10.2 Å². The number of hydrogen-bond donors (Lipinski definition) is 1. The van der Waals surface area contributed by atoms with Crippen LogP contribution in [0.15, 0.2) is 23.6 Å². The first kappa shape index (κ1) is 10.1. The summed E-state index contributed by atoms with van der Waals surface area (Å²) in [5.74, 6) is 0.676. The maximum Gasteiger partial charge on any atom is 0.173 e. The average molecular weight is 225 g/mol. The average Bonchev–Trinajstić information content (AvgIpc) is 2.50. The summed E-state index contributed by atoms with van der Waals surface area (Å²) in [5.41, 5.74) is 0.829. The Morgan fingerprint density at radius 2 is 2.20 bits per heavy atom. The van der Waals surface area contributed by atoms with Gasteiger partial charge in [-0.25, -0.2) is 8.42 Å². The third kappa shape index (κ3) is 2.53. The van der Waals surface area contributed by atoms with Gasteiger partial charge in [-0.3, -0.25) is 0 Å². The van der Waals surface area contributed by atoms with Crippen molar-refractivity contribution in [2.24, 2.45) is 0 Å². The molecule has 6 heteroatoms. The number of nitrogens with one attached hydrogen (secondary N) is 1. The largest absolute Gasteiger partial charge is 0.361 e. The lowest BCUT2D eigenvalue weighted by molar-refractivity contribution is 0.605. The summed E-state index contributed by atoms with van der Waals surface area (Å²) in [6, 6.07) is 3.40. The molecule has 0 spiro atoms. The molecule has 1 unspecified atom stereocenters. The second kappa shape index (κ2) is 3.62. The highest BCUT2D eigenvalue weighted by Gasteiger charge is 2.21. The van der Waals surface area contributed by atoms with Gasteiger partial charge in [0, 0.05) is 5.41 Å². The van der Waals surface area contributed by atoms with Gasteiger partial charge in [0.1, 0.15) is 5.82 Å². The number of hydrogen-bond acceptors (Lipinski definition) is 5. The lowest BCUT2D eigenvalue weighted by atomic mass is 10.3. The Bertz CT molecular complexity index is 479. The molecule has 0 saturated carbocycles. The van der Waals surface area contributed by atoms with Crippen LogP contribution in [0.1, 0.15) is 5.69 Å². The molecule has 1 aliphatic heterocycles. The second-order valence-corrected chi connectivity index (χ2v) is 5.40. The van der Waals surface area contributed by atoms with E-state index in [1.807, 2.05) is 13.0 Å². The highest BCUT2D eigenvalue weighted by atomic mass is 32.2. The third-order valence-electron chi connectivity index (χ3n) is 2.06. The lowest BCUT2D eigenvalue weighted by Gasteiger charge is -2.09. The number of sulfone groups is 1. The second-order valence-electron chi connectivity index (χ2n) is 3.47. The molecule has 0 bridgehead atoms. The Morgan fingerprint density at radius 3 is 2.73 bits per heavy atom. The minimum Gasteiger partial charge on any atom is -0.361 e. The summed E-state index contributed by atoms with van der Waals surface area (Å²) in [6.07, 6.45) is 1.62. The van der Waals surface area contributed by atoms with Crippen LogP contribution in [-0.4, -0.2) is 30.4 Å². The van der Waals surface area contributed by atoms with E-state index < -0.39 is 9.84 Å².